The Hall–Kier alpha value is -2.37. The predicted molar refractivity (Wildman–Crippen MR) is 117 cm³/mol. The number of ether oxygens (including phenoxy) is 1. The minimum absolute atomic E-state index is 0.270. The summed E-state index contributed by atoms with van der Waals surface area (Å²) in [6.45, 7) is 4.17. The second-order valence-electron chi connectivity index (χ2n) is 7.74. The maximum Gasteiger partial charge on any atom is 0.222 e. The van der Waals surface area contributed by atoms with Crippen LogP contribution in [0.3, 0.4) is 0 Å². The van der Waals surface area contributed by atoms with Crippen LogP contribution in [0.5, 0.6) is 5.75 Å². The average molecular weight is 396 g/mol. The molecule has 2 aromatic carbocycles. The zero-order chi connectivity index (χ0) is 20.5. The number of para-hydroxylation sites is 1. The van der Waals surface area contributed by atoms with Gasteiger partial charge in [0.2, 0.25) is 5.91 Å². The van der Waals surface area contributed by atoms with Crippen LogP contribution in [0.1, 0.15) is 36.4 Å². The predicted octanol–water partition coefficient (Wildman–Crippen LogP) is 3.47. The summed E-state index contributed by atoms with van der Waals surface area (Å²) in [7, 11) is 3.80. The molecule has 1 heterocycles. The van der Waals surface area contributed by atoms with E-state index in [1.54, 1.807) is 7.11 Å². The zero-order valence-corrected chi connectivity index (χ0v) is 17.6. The van der Waals surface area contributed by atoms with Crippen LogP contribution < -0.4 is 10.1 Å². The van der Waals surface area contributed by atoms with E-state index in [1.165, 1.54) is 11.1 Å². The van der Waals surface area contributed by atoms with Crippen LogP contribution >= 0.6 is 0 Å². The van der Waals surface area contributed by atoms with Crippen molar-refractivity contribution in [3.05, 3.63) is 65.7 Å². The smallest absolute Gasteiger partial charge is 0.222 e. The molecular formula is C24H33N3O2. The van der Waals surface area contributed by atoms with E-state index in [1.807, 2.05) is 29.2 Å². The SMILES string of the molecule is COc1ccccc1CN(C)CCCC(=O)N1CCNC(c2ccccc2)CC1. The van der Waals surface area contributed by atoms with Gasteiger partial charge in [-0.2, -0.15) is 0 Å². The van der Waals surface area contributed by atoms with Gasteiger partial charge in [0.25, 0.3) is 0 Å². The summed E-state index contributed by atoms with van der Waals surface area (Å²) in [6.07, 6.45) is 2.44. The van der Waals surface area contributed by atoms with Crippen molar-refractivity contribution < 1.29 is 9.53 Å². The molecule has 1 amide bonds. The van der Waals surface area contributed by atoms with Gasteiger partial charge in [-0.25, -0.2) is 0 Å². The molecule has 2 aromatic rings. The second kappa shape index (κ2) is 11.0. The van der Waals surface area contributed by atoms with E-state index >= 15 is 0 Å². The quantitative estimate of drug-likeness (QED) is 0.743. The highest BCUT2D eigenvalue weighted by atomic mass is 16.5. The maximum absolute atomic E-state index is 12.7. The second-order valence-corrected chi connectivity index (χ2v) is 7.74. The summed E-state index contributed by atoms with van der Waals surface area (Å²) < 4.78 is 5.43. The molecule has 5 heteroatoms. The van der Waals surface area contributed by atoms with Crippen LogP contribution in [0.25, 0.3) is 0 Å². The minimum atomic E-state index is 0.270. The molecule has 0 aliphatic carbocycles. The number of benzene rings is 2. The Kier molecular flexibility index (Phi) is 8.08. The monoisotopic (exact) mass is 395 g/mol. The first-order valence-corrected chi connectivity index (χ1v) is 10.5. The summed E-state index contributed by atoms with van der Waals surface area (Å²) in [5, 5.41) is 3.58. The first-order valence-electron chi connectivity index (χ1n) is 10.5. The van der Waals surface area contributed by atoms with Gasteiger partial charge in [-0.3, -0.25) is 4.79 Å². The van der Waals surface area contributed by atoms with Crippen LogP contribution in [-0.4, -0.2) is 56.0 Å². The number of hydrogen-bond acceptors (Lipinski definition) is 4. The minimum Gasteiger partial charge on any atom is -0.496 e. The standard InChI is InChI=1S/C24H33N3O2/c1-26(19-21-11-6-7-12-23(21)29-2)16-8-13-24(28)27-17-14-22(25-15-18-27)20-9-4-3-5-10-20/h3-7,9-12,22,25H,8,13-19H2,1-2H3. The van der Waals surface area contributed by atoms with E-state index in [4.69, 9.17) is 4.74 Å². The molecule has 1 aliphatic rings. The normalized spacial score (nSPS) is 17.2. The van der Waals surface area contributed by atoms with Crippen LogP contribution in [-0.2, 0) is 11.3 Å². The maximum atomic E-state index is 12.7. The number of carbonyl (C=O) groups is 1. The van der Waals surface area contributed by atoms with E-state index in [9.17, 15) is 4.79 Å². The Morgan fingerprint density at radius 1 is 1.14 bits per heavy atom. The third-order valence-electron chi connectivity index (χ3n) is 5.58. The zero-order valence-electron chi connectivity index (χ0n) is 17.6. The van der Waals surface area contributed by atoms with Crippen molar-refractivity contribution >= 4 is 5.91 Å². The van der Waals surface area contributed by atoms with Gasteiger partial charge in [0.15, 0.2) is 0 Å². The van der Waals surface area contributed by atoms with Crippen molar-refractivity contribution in [3.63, 3.8) is 0 Å². The fourth-order valence-electron chi connectivity index (χ4n) is 3.95. The van der Waals surface area contributed by atoms with Crippen molar-refractivity contribution in [2.24, 2.45) is 0 Å². The Morgan fingerprint density at radius 2 is 1.90 bits per heavy atom. The molecule has 0 saturated carbocycles. The number of nitrogens with one attached hydrogen (secondary N) is 1. The third-order valence-corrected chi connectivity index (χ3v) is 5.58. The van der Waals surface area contributed by atoms with E-state index in [0.717, 1.165) is 51.3 Å². The summed E-state index contributed by atoms with van der Waals surface area (Å²) >= 11 is 0. The summed E-state index contributed by atoms with van der Waals surface area (Å²) in [4.78, 5) is 17.0. The molecule has 1 unspecified atom stereocenters. The fraction of sp³-hybridized carbons (Fsp3) is 0.458. The first kappa shape index (κ1) is 21.3. The van der Waals surface area contributed by atoms with Gasteiger partial charge in [-0.1, -0.05) is 48.5 Å². The van der Waals surface area contributed by atoms with Crippen LogP contribution in [0, 0.1) is 0 Å². The molecule has 0 spiro atoms. The molecule has 3 rings (SSSR count). The van der Waals surface area contributed by atoms with Crippen LogP contribution in [0.4, 0.5) is 0 Å². The molecule has 1 aliphatic heterocycles. The molecule has 29 heavy (non-hydrogen) atoms. The first-order chi connectivity index (χ1) is 14.2. The summed E-state index contributed by atoms with van der Waals surface area (Å²) in [6, 6.07) is 18.9. The van der Waals surface area contributed by atoms with Gasteiger partial charge in [-0.05, 0) is 38.1 Å². The van der Waals surface area contributed by atoms with Gasteiger partial charge < -0.3 is 19.9 Å². The Bertz CT molecular complexity index is 766. The number of nitrogens with zero attached hydrogens (tertiary/aromatic N) is 2. The van der Waals surface area contributed by atoms with Crippen LogP contribution in [0.15, 0.2) is 54.6 Å². The van der Waals surface area contributed by atoms with Crippen molar-refractivity contribution in [2.45, 2.75) is 31.8 Å². The van der Waals surface area contributed by atoms with Gasteiger partial charge in [0, 0.05) is 44.2 Å². The molecule has 1 saturated heterocycles. The van der Waals surface area contributed by atoms with Crippen molar-refractivity contribution in [1.29, 1.82) is 0 Å². The van der Waals surface area contributed by atoms with Crippen molar-refractivity contribution in [1.82, 2.24) is 15.1 Å². The lowest BCUT2D eigenvalue weighted by Gasteiger charge is -2.22. The van der Waals surface area contributed by atoms with Gasteiger partial charge in [0.05, 0.1) is 7.11 Å². The molecule has 0 radical (unpaired) electrons. The lowest BCUT2D eigenvalue weighted by atomic mass is 10.0. The lowest BCUT2D eigenvalue weighted by Crippen LogP contribution is -2.34. The molecule has 1 fully saturated rings. The lowest BCUT2D eigenvalue weighted by molar-refractivity contribution is -0.131. The summed E-state index contributed by atoms with van der Waals surface area (Å²) in [5.74, 6) is 1.19. The summed E-state index contributed by atoms with van der Waals surface area (Å²) in [5.41, 5.74) is 2.48. The largest absolute Gasteiger partial charge is 0.496 e. The fourth-order valence-corrected chi connectivity index (χ4v) is 3.95. The average Bonchev–Trinajstić information content (AvgIpc) is 3.01. The molecule has 5 nitrogen and oxygen atoms in total. The van der Waals surface area contributed by atoms with Crippen LogP contribution in [0.2, 0.25) is 0 Å². The van der Waals surface area contributed by atoms with E-state index in [0.29, 0.717) is 12.5 Å². The van der Waals surface area contributed by atoms with Crippen molar-refractivity contribution in [2.75, 3.05) is 40.3 Å². The Labute approximate surface area is 174 Å². The highest BCUT2D eigenvalue weighted by molar-refractivity contribution is 5.76. The Balaban J connectivity index is 1.41. The van der Waals surface area contributed by atoms with Crippen molar-refractivity contribution in [3.8, 4) is 5.75 Å². The van der Waals surface area contributed by atoms with E-state index < -0.39 is 0 Å². The molecule has 0 aromatic heterocycles. The van der Waals surface area contributed by atoms with Gasteiger partial charge in [0.1, 0.15) is 5.75 Å². The third kappa shape index (κ3) is 6.31. The topological polar surface area (TPSA) is 44.8 Å². The number of methoxy groups -OCH3 is 1. The molecular weight excluding hydrogens is 362 g/mol. The molecule has 1 N–H and O–H groups in total. The van der Waals surface area contributed by atoms with E-state index in [2.05, 4.69) is 47.6 Å². The highest BCUT2D eigenvalue weighted by Gasteiger charge is 2.20. The molecule has 156 valence electrons. The molecule has 1 atom stereocenters. The van der Waals surface area contributed by atoms with Gasteiger partial charge >= 0.3 is 0 Å². The number of amides is 1. The highest BCUT2D eigenvalue weighted by Crippen LogP contribution is 2.20. The Morgan fingerprint density at radius 3 is 2.69 bits per heavy atom. The van der Waals surface area contributed by atoms with E-state index in [-0.39, 0.29) is 5.91 Å². The number of hydrogen-bond donors (Lipinski definition) is 1. The molecule has 0 bridgehead atoms. The number of carbonyl (C=O) groups excluding carboxylic acids is 1. The number of rotatable bonds is 8. The van der Waals surface area contributed by atoms with Gasteiger partial charge in [-0.15, -0.1) is 0 Å².